The summed E-state index contributed by atoms with van der Waals surface area (Å²) in [5.41, 5.74) is 0. The molecule has 0 spiro atoms. The van der Waals surface area contributed by atoms with Crippen LogP contribution in [0.3, 0.4) is 0 Å². The van der Waals surface area contributed by atoms with Gasteiger partial charge in [0.15, 0.2) is 0 Å². The van der Waals surface area contributed by atoms with Crippen LogP contribution in [0.5, 0.6) is 0 Å². The number of nitrogens with one attached hydrogen (secondary N) is 1. The van der Waals surface area contributed by atoms with Crippen LogP contribution in [0.15, 0.2) is 0 Å². The van der Waals surface area contributed by atoms with Crippen molar-refractivity contribution in [1.82, 2.24) is 10.2 Å². The first-order valence-electron chi connectivity index (χ1n) is 8.29. The molecule has 4 heteroatoms. The van der Waals surface area contributed by atoms with Crippen LogP contribution < -0.4 is 5.32 Å². The molecule has 0 aromatic heterocycles. The highest BCUT2D eigenvalue weighted by Gasteiger charge is 2.42. The van der Waals surface area contributed by atoms with Gasteiger partial charge in [-0.2, -0.15) is 0 Å². The monoisotopic (exact) mass is 280 g/mol. The maximum atomic E-state index is 12.5. The Labute approximate surface area is 122 Å². The van der Waals surface area contributed by atoms with Gasteiger partial charge in [0.25, 0.3) is 0 Å². The molecule has 1 unspecified atom stereocenters. The topological polar surface area (TPSA) is 49.4 Å². The zero-order valence-electron chi connectivity index (χ0n) is 12.9. The van der Waals surface area contributed by atoms with E-state index in [0.29, 0.717) is 12.5 Å². The van der Waals surface area contributed by atoms with Gasteiger partial charge < -0.3 is 5.32 Å². The van der Waals surface area contributed by atoms with Crippen LogP contribution in [-0.4, -0.2) is 34.8 Å². The third-order valence-electron chi connectivity index (χ3n) is 4.80. The Kier molecular flexibility index (Phi) is 5.58. The van der Waals surface area contributed by atoms with E-state index in [0.717, 1.165) is 38.5 Å². The maximum Gasteiger partial charge on any atom is 0.247 e. The first-order chi connectivity index (χ1) is 9.67. The second kappa shape index (κ2) is 7.21. The highest BCUT2D eigenvalue weighted by atomic mass is 16.2. The average Bonchev–Trinajstić information content (AvgIpc) is 2.65. The normalized spacial score (nSPS) is 25.6. The number of likely N-dealkylation sites (tertiary alicyclic amines) is 1. The molecule has 1 saturated carbocycles. The molecule has 0 bridgehead atoms. The quantitative estimate of drug-likeness (QED) is 0.622. The number of nitrogens with zero attached hydrogens (tertiary/aromatic N) is 1. The summed E-state index contributed by atoms with van der Waals surface area (Å²) in [4.78, 5) is 26.4. The van der Waals surface area contributed by atoms with Crippen molar-refractivity contribution in [3.63, 3.8) is 0 Å². The fourth-order valence-corrected chi connectivity index (χ4v) is 3.49. The molecule has 2 fully saturated rings. The molecule has 4 nitrogen and oxygen atoms in total. The molecular weight excluding hydrogens is 252 g/mol. The molecule has 0 aromatic rings. The van der Waals surface area contributed by atoms with Crippen LogP contribution in [-0.2, 0) is 9.59 Å². The zero-order valence-corrected chi connectivity index (χ0v) is 12.9. The van der Waals surface area contributed by atoms with E-state index in [-0.39, 0.29) is 23.9 Å². The number of imide groups is 1. The van der Waals surface area contributed by atoms with Crippen LogP contribution >= 0.6 is 0 Å². The number of rotatable bonds is 5. The SMILES string of the molecule is CCC(CC)NC1CC(=O)N(C2CCCCCC2)C1=O. The molecular formula is C16H28N2O2. The summed E-state index contributed by atoms with van der Waals surface area (Å²) >= 11 is 0. The van der Waals surface area contributed by atoms with Crippen LogP contribution in [0.25, 0.3) is 0 Å². The summed E-state index contributed by atoms with van der Waals surface area (Å²) in [6, 6.07) is 0.215. The van der Waals surface area contributed by atoms with Gasteiger partial charge in [0.1, 0.15) is 0 Å². The van der Waals surface area contributed by atoms with Crippen molar-refractivity contribution in [1.29, 1.82) is 0 Å². The van der Waals surface area contributed by atoms with Gasteiger partial charge in [-0.25, -0.2) is 0 Å². The van der Waals surface area contributed by atoms with Crippen molar-refractivity contribution in [2.45, 2.75) is 89.8 Å². The van der Waals surface area contributed by atoms with E-state index < -0.39 is 0 Å². The number of hydrogen-bond donors (Lipinski definition) is 1. The van der Waals surface area contributed by atoms with Crippen molar-refractivity contribution < 1.29 is 9.59 Å². The van der Waals surface area contributed by atoms with E-state index in [4.69, 9.17) is 0 Å². The van der Waals surface area contributed by atoms with Crippen molar-refractivity contribution in [2.24, 2.45) is 0 Å². The fourth-order valence-electron chi connectivity index (χ4n) is 3.49. The van der Waals surface area contributed by atoms with Crippen LogP contribution in [0.2, 0.25) is 0 Å². The van der Waals surface area contributed by atoms with Crippen molar-refractivity contribution in [3.8, 4) is 0 Å². The van der Waals surface area contributed by atoms with Gasteiger partial charge >= 0.3 is 0 Å². The molecule has 1 atom stereocenters. The third-order valence-corrected chi connectivity index (χ3v) is 4.80. The number of carbonyl (C=O) groups is 2. The summed E-state index contributed by atoms with van der Waals surface area (Å²) in [6.07, 6.45) is 9.11. The lowest BCUT2D eigenvalue weighted by molar-refractivity contribution is -0.141. The van der Waals surface area contributed by atoms with Gasteiger partial charge in [-0.05, 0) is 25.7 Å². The molecule has 2 aliphatic rings. The molecule has 1 aliphatic heterocycles. The Bertz CT molecular complexity index is 344. The molecule has 1 heterocycles. The summed E-state index contributed by atoms with van der Waals surface area (Å²) in [5, 5.41) is 3.37. The standard InChI is InChI=1S/C16H28N2O2/c1-3-12(4-2)17-14-11-15(19)18(16(14)20)13-9-7-5-6-8-10-13/h12-14,17H,3-11H2,1-2H3. The zero-order chi connectivity index (χ0) is 14.5. The van der Waals surface area contributed by atoms with Crippen LogP contribution in [0.4, 0.5) is 0 Å². The van der Waals surface area contributed by atoms with Gasteiger partial charge in [0, 0.05) is 12.1 Å². The minimum absolute atomic E-state index is 0.0220. The smallest absolute Gasteiger partial charge is 0.247 e. The van der Waals surface area contributed by atoms with E-state index in [9.17, 15) is 9.59 Å². The Hall–Kier alpha value is -0.900. The van der Waals surface area contributed by atoms with Crippen LogP contribution in [0.1, 0.15) is 71.6 Å². The number of amides is 2. The largest absolute Gasteiger partial charge is 0.303 e. The average molecular weight is 280 g/mol. The van der Waals surface area contributed by atoms with E-state index in [1.54, 1.807) is 4.90 Å². The molecule has 2 rings (SSSR count). The van der Waals surface area contributed by atoms with E-state index in [2.05, 4.69) is 19.2 Å². The van der Waals surface area contributed by atoms with Gasteiger partial charge in [-0.15, -0.1) is 0 Å². The van der Waals surface area contributed by atoms with Gasteiger partial charge in [-0.3, -0.25) is 14.5 Å². The van der Waals surface area contributed by atoms with Gasteiger partial charge in [0.2, 0.25) is 11.8 Å². The third kappa shape index (κ3) is 3.40. The minimum atomic E-state index is -0.282. The Morgan fingerprint density at radius 3 is 2.25 bits per heavy atom. The summed E-state index contributed by atoms with van der Waals surface area (Å²) in [6.45, 7) is 4.23. The second-order valence-electron chi connectivity index (χ2n) is 6.18. The molecule has 2 amide bonds. The molecule has 1 aliphatic carbocycles. The maximum absolute atomic E-state index is 12.5. The Balaban J connectivity index is 2.00. The lowest BCUT2D eigenvalue weighted by atomic mass is 10.1. The second-order valence-corrected chi connectivity index (χ2v) is 6.18. The minimum Gasteiger partial charge on any atom is -0.303 e. The lowest BCUT2D eigenvalue weighted by Crippen LogP contribution is -2.46. The lowest BCUT2D eigenvalue weighted by Gasteiger charge is -2.26. The van der Waals surface area contributed by atoms with Gasteiger partial charge in [-0.1, -0.05) is 39.5 Å². The van der Waals surface area contributed by atoms with Crippen molar-refractivity contribution in [3.05, 3.63) is 0 Å². The summed E-state index contributed by atoms with van der Waals surface area (Å²) in [7, 11) is 0. The molecule has 1 N–H and O–H groups in total. The first kappa shape index (κ1) is 15.5. The predicted molar refractivity (Wildman–Crippen MR) is 79.3 cm³/mol. The number of carbonyl (C=O) groups excluding carboxylic acids is 2. The van der Waals surface area contributed by atoms with E-state index >= 15 is 0 Å². The highest BCUT2D eigenvalue weighted by molar-refractivity contribution is 6.05. The molecule has 20 heavy (non-hydrogen) atoms. The molecule has 114 valence electrons. The molecule has 0 radical (unpaired) electrons. The molecule has 0 aromatic carbocycles. The van der Waals surface area contributed by atoms with Gasteiger partial charge in [0.05, 0.1) is 12.5 Å². The first-order valence-corrected chi connectivity index (χ1v) is 8.29. The predicted octanol–water partition coefficient (Wildman–Crippen LogP) is 2.61. The molecule has 1 saturated heterocycles. The Morgan fingerprint density at radius 1 is 1.10 bits per heavy atom. The summed E-state index contributed by atoms with van der Waals surface area (Å²) < 4.78 is 0. The fraction of sp³-hybridized carbons (Fsp3) is 0.875. The Morgan fingerprint density at radius 2 is 1.70 bits per heavy atom. The van der Waals surface area contributed by atoms with E-state index in [1.807, 2.05) is 0 Å². The summed E-state index contributed by atoms with van der Waals surface area (Å²) in [5.74, 6) is 0.0548. The van der Waals surface area contributed by atoms with Crippen LogP contribution in [0, 0.1) is 0 Å². The van der Waals surface area contributed by atoms with Crippen molar-refractivity contribution >= 4 is 11.8 Å². The highest BCUT2D eigenvalue weighted by Crippen LogP contribution is 2.27. The number of hydrogen-bond acceptors (Lipinski definition) is 3. The van der Waals surface area contributed by atoms with E-state index in [1.165, 1.54) is 12.8 Å². The van der Waals surface area contributed by atoms with Crippen molar-refractivity contribution in [2.75, 3.05) is 0 Å².